The van der Waals surface area contributed by atoms with Gasteiger partial charge in [0.25, 0.3) is 5.91 Å². The minimum atomic E-state index is -0.729. The molecule has 3 aliphatic heterocycles. The van der Waals surface area contributed by atoms with Crippen LogP contribution in [0.3, 0.4) is 0 Å². The fourth-order valence-corrected chi connectivity index (χ4v) is 6.95. The Labute approximate surface area is 275 Å². The second-order valence-corrected chi connectivity index (χ2v) is 12.4. The van der Waals surface area contributed by atoms with Crippen LogP contribution >= 0.6 is 11.6 Å². The van der Waals surface area contributed by atoms with E-state index < -0.39 is 17.8 Å². The monoisotopic (exact) mass is 655 g/mol. The van der Waals surface area contributed by atoms with Crippen molar-refractivity contribution in [1.82, 2.24) is 34.9 Å². The molecule has 2 aromatic carbocycles. The van der Waals surface area contributed by atoms with Crippen molar-refractivity contribution in [1.29, 1.82) is 5.26 Å². The van der Waals surface area contributed by atoms with Gasteiger partial charge in [0.05, 0.1) is 59.6 Å². The highest BCUT2D eigenvalue weighted by atomic mass is 35.5. The second-order valence-electron chi connectivity index (χ2n) is 12.0. The van der Waals surface area contributed by atoms with Crippen molar-refractivity contribution in [2.24, 2.45) is 0 Å². The third kappa shape index (κ3) is 5.53. The molecule has 0 bridgehead atoms. The Bertz CT molecular complexity index is 1970. The van der Waals surface area contributed by atoms with Gasteiger partial charge in [-0.05, 0) is 31.2 Å². The maximum absolute atomic E-state index is 14.8. The molecule has 1 fully saturated rings. The lowest BCUT2D eigenvalue weighted by atomic mass is 9.99. The number of H-pyrrole nitrogens is 1. The van der Waals surface area contributed by atoms with Gasteiger partial charge in [-0.15, -0.1) is 0 Å². The fraction of sp³-hybridized carbons (Fsp3) is 0.333. The molecule has 1 N–H and O–H groups in total. The zero-order chi connectivity index (χ0) is 32.8. The van der Waals surface area contributed by atoms with Crippen molar-refractivity contribution in [3.8, 4) is 17.8 Å². The summed E-state index contributed by atoms with van der Waals surface area (Å²) in [5, 5.41) is 16.4. The van der Waals surface area contributed by atoms with Gasteiger partial charge in [0.2, 0.25) is 5.91 Å². The molecule has 1 saturated heterocycles. The summed E-state index contributed by atoms with van der Waals surface area (Å²) in [4.78, 5) is 43.7. The number of nitriles is 1. The van der Waals surface area contributed by atoms with E-state index in [0.29, 0.717) is 53.4 Å². The summed E-state index contributed by atoms with van der Waals surface area (Å²) in [5.41, 5.74) is 3.94. The van der Waals surface area contributed by atoms with Crippen LogP contribution < -0.4 is 9.64 Å². The van der Waals surface area contributed by atoms with Crippen LogP contribution in [0.2, 0.25) is 5.02 Å². The zero-order valence-electron chi connectivity index (χ0n) is 25.7. The van der Waals surface area contributed by atoms with Crippen LogP contribution in [0, 0.1) is 17.1 Å². The molecule has 12 nitrogen and oxygen atoms in total. The highest BCUT2D eigenvalue weighted by Crippen LogP contribution is 2.38. The number of fused-ring (bicyclic) bond motifs is 3. The summed E-state index contributed by atoms with van der Waals surface area (Å²) < 4.78 is 21.2. The van der Waals surface area contributed by atoms with Crippen LogP contribution in [-0.4, -0.2) is 85.9 Å². The van der Waals surface area contributed by atoms with Crippen LogP contribution in [0.1, 0.15) is 39.2 Å². The van der Waals surface area contributed by atoms with Crippen molar-refractivity contribution in [3.05, 3.63) is 81.9 Å². The first kappa shape index (κ1) is 30.6. The molecule has 240 valence electrons. The van der Waals surface area contributed by atoms with Gasteiger partial charge in [-0.25, -0.2) is 4.39 Å². The Morgan fingerprint density at radius 3 is 2.87 bits per heavy atom. The summed E-state index contributed by atoms with van der Waals surface area (Å²) in [6.45, 7) is 6.67. The number of hydrogen-bond acceptors (Lipinski definition) is 9. The molecule has 3 aliphatic rings. The molecule has 0 aliphatic carbocycles. The quantitative estimate of drug-likeness (QED) is 0.303. The number of anilines is 1. The SMILES string of the molecule is C=CC(=O)N1CCN(c2nc(Oc3cccc4c3CCN(C)C4)nc3c2CN(C(=O)c2c(Cl)c(F)cc4[nH]ncc24)C3)C[C@@H]1CC#N. The van der Waals surface area contributed by atoms with Crippen LogP contribution in [0.15, 0.2) is 43.1 Å². The van der Waals surface area contributed by atoms with Gasteiger partial charge in [0.15, 0.2) is 0 Å². The van der Waals surface area contributed by atoms with Gasteiger partial charge in [-0.3, -0.25) is 14.7 Å². The molecule has 2 aromatic heterocycles. The van der Waals surface area contributed by atoms with E-state index in [9.17, 15) is 19.2 Å². The predicted molar refractivity (Wildman–Crippen MR) is 171 cm³/mol. The molecule has 5 heterocycles. The summed E-state index contributed by atoms with van der Waals surface area (Å²) in [6.07, 6.45) is 3.64. The lowest BCUT2D eigenvalue weighted by Gasteiger charge is -2.41. The van der Waals surface area contributed by atoms with E-state index >= 15 is 0 Å². The molecule has 7 rings (SSSR count). The standard InChI is InChI=1S/C33H31ClFN9O3/c1-3-28(45)44-12-11-42(16-20(44)7-9-36)31-23-17-43(32(46)29-22-14-37-40-25(22)13-24(35)30(29)34)18-26(23)38-33(39-31)47-27-6-4-5-19-15-41(2)10-8-21(19)27/h3-6,13-14,20H,1,7-8,10-12,15-18H2,2H3,(H,37,40)/t20-/m0/s1. The number of benzene rings is 2. The summed E-state index contributed by atoms with van der Waals surface area (Å²) >= 11 is 6.36. The largest absolute Gasteiger partial charge is 0.424 e. The van der Waals surface area contributed by atoms with Crippen molar-refractivity contribution in [2.45, 2.75) is 38.5 Å². The Morgan fingerprint density at radius 2 is 2.06 bits per heavy atom. The fourth-order valence-electron chi connectivity index (χ4n) is 6.71. The molecule has 0 saturated carbocycles. The summed E-state index contributed by atoms with van der Waals surface area (Å²) in [6, 6.07) is 9.07. The number of halogens is 2. The van der Waals surface area contributed by atoms with E-state index in [-0.39, 0.29) is 42.0 Å². The van der Waals surface area contributed by atoms with E-state index in [2.05, 4.69) is 40.9 Å². The number of carbonyl (C=O) groups is 2. The van der Waals surface area contributed by atoms with Gasteiger partial charge in [-0.1, -0.05) is 30.3 Å². The van der Waals surface area contributed by atoms with E-state index in [1.165, 1.54) is 23.9 Å². The number of aromatic amines is 1. The molecular weight excluding hydrogens is 625 g/mol. The zero-order valence-corrected chi connectivity index (χ0v) is 26.4. The number of likely N-dealkylation sites (N-methyl/N-ethyl adjacent to an activating group) is 1. The molecular formula is C33H31ClFN9O3. The van der Waals surface area contributed by atoms with Crippen molar-refractivity contribution in [2.75, 3.05) is 38.1 Å². The minimum Gasteiger partial charge on any atom is -0.424 e. The number of hydrogen-bond donors (Lipinski definition) is 1. The Balaban J connectivity index is 1.26. The van der Waals surface area contributed by atoms with Gasteiger partial charge < -0.3 is 24.3 Å². The van der Waals surface area contributed by atoms with E-state index in [4.69, 9.17) is 26.3 Å². The lowest BCUT2D eigenvalue weighted by molar-refractivity contribution is -0.128. The number of nitrogens with one attached hydrogen (secondary N) is 1. The van der Waals surface area contributed by atoms with E-state index in [0.717, 1.165) is 25.1 Å². The molecule has 2 amide bonds. The van der Waals surface area contributed by atoms with E-state index in [1.807, 2.05) is 17.0 Å². The Morgan fingerprint density at radius 1 is 1.21 bits per heavy atom. The number of ether oxygens (including phenoxy) is 1. The Kier molecular flexibility index (Phi) is 7.99. The first-order valence-electron chi connectivity index (χ1n) is 15.3. The Hall–Kier alpha value is -5.06. The number of rotatable bonds is 6. The van der Waals surface area contributed by atoms with Gasteiger partial charge in [0, 0.05) is 55.3 Å². The average Bonchev–Trinajstić information content (AvgIpc) is 3.71. The maximum Gasteiger partial charge on any atom is 0.324 e. The first-order valence-corrected chi connectivity index (χ1v) is 15.7. The smallest absolute Gasteiger partial charge is 0.324 e. The minimum absolute atomic E-state index is 0.0146. The van der Waals surface area contributed by atoms with Gasteiger partial charge in [0.1, 0.15) is 17.4 Å². The predicted octanol–water partition coefficient (Wildman–Crippen LogP) is 4.20. The number of nitrogens with zero attached hydrogens (tertiary/aromatic N) is 8. The normalized spacial score (nSPS) is 17.7. The molecule has 1 atom stereocenters. The van der Waals surface area contributed by atoms with E-state index in [1.54, 1.807) is 9.80 Å². The van der Waals surface area contributed by atoms with Crippen LogP contribution in [0.4, 0.5) is 10.2 Å². The highest BCUT2D eigenvalue weighted by molar-refractivity contribution is 6.35. The summed E-state index contributed by atoms with van der Waals surface area (Å²) in [5.74, 6) is -0.220. The molecule has 4 aromatic rings. The summed E-state index contributed by atoms with van der Waals surface area (Å²) in [7, 11) is 2.08. The van der Waals surface area contributed by atoms with Crippen molar-refractivity contribution in [3.63, 3.8) is 0 Å². The first-order chi connectivity index (χ1) is 22.7. The molecule has 0 spiro atoms. The maximum atomic E-state index is 14.8. The molecule has 14 heteroatoms. The van der Waals surface area contributed by atoms with Crippen molar-refractivity contribution >= 4 is 40.1 Å². The molecule has 0 radical (unpaired) electrons. The number of carbonyl (C=O) groups excluding carboxylic acids is 2. The third-order valence-corrected chi connectivity index (χ3v) is 9.43. The highest BCUT2D eigenvalue weighted by Gasteiger charge is 2.36. The average molecular weight is 656 g/mol. The number of amides is 2. The van der Waals surface area contributed by atoms with Gasteiger partial charge >= 0.3 is 6.01 Å². The van der Waals surface area contributed by atoms with Crippen LogP contribution in [-0.2, 0) is 30.8 Å². The third-order valence-electron chi connectivity index (χ3n) is 9.06. The number of aromatic nitrogens is 4. The van der Waals surface area contributed by atoms with Crippen LogP contribution in [0.25, 0.3) is 10.9 Å². The molecule has 47 heavy (non-hydrogen) atoms. The number of piperazine rings is 1. The topological polar surface area (TPSA) is 135 Å². The lowest BCUT2D eigenvalue weighted by Crippen LogP contribution is -2.55. The second kappa shape index (κ2) is 12.3. The van der Waals surface area contributed by atoms with Crippen molar-refractivity contribution < 1.29 is 18.7 Å². The molecule has 0 unspecified atom stereocenters. The van der Waals surface area contributed by atoms with Gasteiger partial charge in [-0.2, -0.15) is 20.3 Å². The van der Waals surface area contributed by atoms with Crippen LogP contribution in [0.5, 0.6) is 11.8 Å².